The smallest absolute Gasteiger partial charge is 0.264 e. The van der Waals surface area contributed by atoms with Crippen LogP contribution in [0.15, 0.2) is 70.0 Å². The van der Waals surface area contributed by atoms with E-state index in [-0.39, 0.29) is 17.3 Å². The van der Waals surface area contributed by atoms with Gasteiger partial charge in [-0.2, -0.15) is 0 Å². The van der Waals surface area contributed by atoms with Crippen molar-refractivity contribution in [2.75, 3.05) is 24.5 Å². The molecule has 3 aromatic rings. The maximum absolute atomic E-state index is 14.0. The van der Waals surface area contributed by atoms with Gasteiger partial charge >= 0.3 is 0 Å². The fourth-order valence-corrected chi connectivity index (χ4v) is 6.73. The highest BCUT2D eigenvalue weighted by atomic mass is 79.9. The summed E-state index contributed by atoms with van der Waals surface area (Å²) < 4.78 is 34.8. The molecule has 0 bridgehead atoms. The van der Waals surface area contributed by atoms with E-state index in [1.54, 1.807) is 49.4 Å². The largest absolute Gasteiger partial charge is 0.496 e. The maximum atomic E-state index is 14.0. The standard InChI is InChI=1S/C30H34BrCl2N3O5S/c1-5-6-15-34-30(38)21(3)35(18-22-9-10-23(32)16-27(22)33)29(37)19-36(24-11-7-20(2)8-12-24)42(39,40)25-13-14-28(41-4)26(31)17-25/h7-14,16-17,21H,5-6,15,18-19H2,1-4H3,(H,34,38)/t21-/m0/s1. The zero-order chi connectivity index (χ0) is 31.0. The molecule has 0 saturated heterocycles. The number of benzene rings is 3. The second-order valence-corrected chi connectivity index (χ2v) is 13.3. The van der Waals surface area contributed by atoms with Crippen LogP contribution in [0.4, 0.5) is 5.69 Å². The van der Waals surface area contributed by atoms with Gasteiger partial charge in [0.15, 0.2) is 0 Å². The van der Waals surface area contributed by atoms with E-state index in [0.717, 1.165) is 22.7 Å². The molecule has 2 amide bonds. The van der Waals surface area contributed by atoms with E-state index in [0.29, 0.717) is 38.1 Å². The summed E-state index contributed by atoms with van der Waals surface area (Å²) in [5.41, 5.74) is 1.78. The van der Waals surface area contributed by atoms with Crippen molar-refractivity contribution in [3.63, 3.8) is 0 Å². The number of sulfonamides is 1. The Labute approximate surface area is 266 Å². The quantitative estimate of drug-likeness (QED) is 0.203. The summed E-state index contributed by atoms with van der Waals surface area (Å²) in [7, 11) is -2.76. The zero-order valence-electron chi connectivity index (χ0n) is 23.9. The minimum absolute atomic E-state index is 0.0347. The second kappa shape index (κ2) is 15.1. The van der Waals surface area contributed by atoms with Crippen molar-refractivity contribution >= 4 is 66.7 Å². The molecule has 0 aliphatic carbocycles. The number of hydrogen-bond donors (Lipinski definition) is 1. The number of nitrogens with one attached hydrogen (secondary N) is 1. The fraction of sp³-hybridized carbons (Fsp3) is 0.333. The van der Waals surface area contributed by atoms with E-state index >= 15 is 0 Å². The zero-order valence-corrected chi connectivity index (χ0v) is 27.8. The number of amides is 2. The first-order chi connectivity index (χ1) is 19.9. The summed E-state index contributed by atoms with van der Waals surface area (Å²) in [6, 6.07) is 15.1. The van der Waals surface area contributed by atoms with Gasteiger partial charge in [-0.15, -0.1) is 0 Å². The lowest BCUT2D eigenvalue weighted by Gasteiger charge is -2.32. The molecule has 0 radical (unpaired) electrons. The van der Waals surface area contributed by atoms with Crippen LogP contribution in [-0.2, 0) is 26.2 Å². The van der Waals surface area contributed by atoms with Gasteiger partial charge in [0.05, 0.1) is 22.2 Å². The predicted octanol–water partition coefficient (Wildman–Crippen LogP) is 6.60. The molecule has 0 fully saturated rings. The summed E-state index contributed by atoms with van der Waals surface area (Å²) in [5, 5.41) is 3.61. The van der Waals surface area contributed by atoms with E-state index in [2.05, 4.69) is 21.2 Å². The first-order valence-electron chi connectivity index (χ1n) is 13.3. The number of ether oxygens (including phenoxy) is 1. The van der Waals surface area contributed by atoms with Crippen LogP contribution in [0.5, 0.6) is 5.75 Å². The van der Waals surface area contributed by atoms with Crippen molar-refractivity contribution in [1.29, 1.82) is 0 Å². The summed E-state index contributed by atoms with van der Waals surface area (Å²) in [4.78, 5) is 28.4. The number of nitrogens with zero attached hydrogens (tertiary/aromatic N) is 2. The molecule has 0 aromatic heterocycles. The Kier molecular flexibility index (Phi) is 12.1. The third kappa shape index (κ3) is 8.40. The molecule has 8 nitrogen and oxygen atoms in total. The highest BCUT2D eigenvalue weighted by Gasteiger charge is 2.33. The number of halogens is 3. The summed E-state index contributed by atoms with van der Waals surface area (Å²) in [6.07, 6.45) is 1.68. The van der Waals surface area contributed by atoms with Crippen molar-refractivity contribution in [1.82, 2.24) is 10.2 Å². The predicted molar refractivity (Wildman–Crippen MR) is 171 cm³/mol. The third-order valence-corrected chi connectivity index (χ3v) is 9.64. The average Bonchev–Trinajstić information content (AvgIpc) is 2.95. The van der Waals surface area contributed by atoms with Crippen LogP contribution in [0.3, 0.4) is 0 Å². The van der Waals surface area contributed by atoms with Gasteiger partial charge in [-0.3, -0.25) is 13.9 Å². The van der Waals surface area contributed by atoms with Crippen molar-refractivity contribution < 1.29 is 22.7 Å². The lowest BCUT2D eigenvalue weighted by Crippen LogP contribution is -2.51. The number of unbranched alkanes of at least 4 members (excludes halogenated alkanes) is 1. The van der Waals surface area contributed by atoms with Crippen molar-refractivity contribution in [3.8, 4) is 5.75 Å². The SMILES string of the molecule is CCCCNC(=O)[C@H](C)N(Cc1ccc(Cl)cc1Cl)C(=O)CN(c1ccc(C)cc1)S(=O)(=O)c1ccc(OC)c(Br)c1. The molecular weight excluding hydrogens is 665 g/mol. The Morgan fingerprint density at radius 2 is 1.74 bits per heavy atom. The van der Waals surface area contributed by atoms with E-state index in [1.807, 2.05) is 13.8 Å². The molecule has 226 valence electrons. The topological polar surface area (TPSA) is 96.0 Å². The molecule has 0 unspecified atom stereocenters. The van der Waals surface area contributed by atoms with Gasteiger partial charge < -0.3 is 15.0 Å². The average molecular weight is 699 g/mol. The van der Waals surface area contributed by atoms with Crippen molar-refractivity contribution in [2.45, 2.75) is 51.1 Å². The molecule has 0 spiro atoms. The number of methoxy groups -OCH3 is 1. The van der Waals surface area contributed by atoms with Gasteiger partial charge in [-0.1, -0.05) is 60.3 Å². The molecule has 1 N–H and O–H groups in total. The first kappa shape index (κ1) is 33.7. The molecule has 0 aliphatic rings. The van der Waals surface area contributed by atoms with Gasteiger partial charge in [-0.05, 0) is 84.2 Å². The van der Waals surface area contributed by atoms with E-state index < -0.39 is 28.5 Å². The van der Waals surface area contributed by atoms with Crippen LogP contribution < -0.4 is 14.4 Å². The number of carbonyl (C=O) groups is 2. The highest BCUT2D eigenvalue weighted by Crippen LogP contribution is 2.31. The number of anilines is 1. The Balaban J connectivity index is 2.04. The lowest BCUT2D eigenvalue weighted by molar-refractivity contribution is -0.139. The van der Waals surface area contributed by atoms with Crippen molar-refractivity contribution in [2.24, 2.45) is 0 Å². The Bertz CT molecular complexity index is 1520. The van der Waals surface area contributed by atoms with Gasteiger partial charge in [-0.25, -0.2) is 8.42 Å². The van der Waals surface area contributed by atoms with Crippen LogP contribution in [0, 0.1) is 6.92 Å². The second-order valence-electron chi connectivity index (χ2n) is 9.72. The minimum atomic E-state index is -4.24. The molecule has 0 heterocycles. The highest BCUT2D eigenvalue weighted by molar-refractivity contribution is 9.10. The van der Waals surface area contributed by atoms with Crippen LogP contribution in [0.1, 0.15) is 37.8 Å². The Hall–Kier alpha value is -2.79. The van der Waals surface area contributed by atoms with Crippen LogP contribution >= 0.6 is 39.1 Å². The van der Waals surface area contributed by atoms with E-state index in [4.69, 9.17) is 27.9 Å². The monoisotopic (exact) mass is 697 g/mol. The van der Waals surface area contributed by atoms with Gasteiger partial charge in [0.25, 0.3) is 10.0 Å². The fourth-order valence-electron chi connectivity index (χ4n) is 4.13. The van der Waals surface area contributed by atoms with Crippen LogP contribution in [0.25, 0.3) is 0 Å². The van der Waals surface area contributed by atoms with Gasteiger partial charge in [0.1, 0.15) is 18.3 Å². The summed E-state index contributed by atoms with van der Waals surface area (Å²) in [5.74, 6) is -0.484. The molecule has 42 heavy (non-hydrogen) atoms. The molecule has 3 aromatic carbocycles. The van der Waals surface area contributed by atoms with E-state index in [9.17, 15) is 18.0 Å². The number of rotatable bonds is 13. The molecule has 1 atom stereocenters. The number of aryl methyl sites for hydroxylation is 1. The van der Waals surface area contributed by atoms with Crippen LogP contribution in [-0.4, -0.2) is 51.4 Å². The third-order valence-electron chi connectivity index (χ3n) is 6.66. The lowest BCUT2D eigenvalue weighted by atomic mass is 10.1. The molecule has 0 saturated carbocycles. The summed E-state index contributed by atoms with van der Waals surface area (Å²) in [6.45, 7) is 5.36. The molecule has 0 aliphatic heterocycles. The van der Waals surface area contributed by atoms with Crippen molar-refractivity contribution in [3.05, 3.63) is 86.3 Å². The van der Waals surface area contributed by atoms with Gasteiger partial charge in [0, 0.05) is 23.1 Å². The number of carbonyl (C=O) groups excluding carboxylic acids is 2. The normalized spacial score (nSPS) is 12.0. The van der Waals surface area contributed by atoms with Gasteiger partial charge in [0.2, 0.25) is 11.8 Å². The number of hydrogen-bond acceptors (Lipinski definition) is 5. The molecule has 12 heteroatoms. The Morgan fingerprint density at radius 1 is 1.05 bits per heavy atom. The maximum Gasteiger partial charge on any atom is 0.264 e. The Morgan fingerprint density at radius 3 is 2.33 bits per heavy atom. The first-order valence-corrected chi connectivity index (χ1v) is 16.3. The van der Waals surface area contributed by atoms with E-state index in [1.165, 1.54) is 30.2 Å². The minimum Gasteiger partial charge on any atom is -0.496 e. The molecular formula is C30H34BrCl2N3O5S. The van der Waals surface area contributed by atoms with Crippen LogP contribution in [0.2, 0.25) is 10.0 Å². The molecule has 3 rings (SSSR count). The summed E-state index contributed by atoms with van der Waals surface area (Å²) >= 11 is 15.9.